The van der Waals surface area contributed by atoms with Gasteiger partial charge in [-0.05, 0) is 47.5 Å². The van der Waals surface area contributed by atoms with E-state index in [-0.39, 0.29) is 11.1 Å². The van der Waals surface area contributed by atoms with Crippen molar-refractivity contribution >= 4 is 0 Å². The molecule has 24 heavy (non-hydrogen) atoms. The van der Waals surface area contributed by atoms with Gasteiger partial charge in [-0.15, -0.1) is 0 Å². The molecule has 0 aliphatic carbocycles. The fourth-order valence-electron chi connectivity index (χ4n) is 2.48. The number of rotatable bonds is 2. The maximum atomic E-state index is 14.9. The summed E-state index contributed by atoms with van der Waals surface area (Å²) in [5.74, 6) is -1.35. The van der Waals surface area contributed by atoms with E-state index in [0.29, 0.717) is 22.3 Å². The van der Waals surface area contributed by atoms with Gasteiger partial charge in [0.2, 0.25) is 0 Å². The van der Waals surface area contributed by atoms with Gasteiger partial charge in [-0.3, -0.25) is 0 Å². The van der Waals surface area contributed by atoms with Gasteiger partial charge in [-0.1, -0.05) is 24.3 Å². The van der Waals surface area contributed by atoms with E-state index in [9.17, 15) is 8.78 Å². The number of hydrogen-bond donors (Lipinski definition) is 0. The number of nitrogens with zero attached hydrogens (tertiary/aromatic N) is 2. The van der Waals surface area contributed by atoms with Crippen LogP contribution >= 0.6 is 0 Å². The van der Waals surface area contributed by atoms with Gasteiger partial charge in [0.05, 0.1) is 28.8 Å². The average Bonchev–Trinajstić information content (AvgIpc) is 2.63. The van der Waals surface area contributed by atoms with Crippen molar-refractivity contribution in [1.29, 1.82) is 10.5 Å². The minimum absolute atomic E-state index is 0.138. The Kier molecular flexibility index (Phi) is 4.05. The third-order valence-electron chi connectivity index (χ3n) is 3.72. The van der Waals surface area contributed by atoms with Crippen molar-refractivity contribution in [1.82, 2.24) is 0 Å². The Morgan fingerprint density at radius 2 is 1.12 bits per heavy atom. The predicted octanol–water partition coefficient (Wildman–Crippen LogP) is 5.04. The second kappa shape index (κ2) is 6.32. The lowest BCUT2D eigenvalue weighted by Crippen LogP contribution is -1.94. The molecule has 0 aliphatic heterocycles. The zero-order valence-electron chi connectivity index (χ0n) is 12.4. The predicted molar refractivity (Wildman–Crippen MR) is 86.7 cm³/mol. The Balaban J connectivity index is 2.13. The molecule has 2 nitrogen and oxygen atoms in total. The Labute approximate surface area is 137 Å². The zero-order valence-corrected chi connectivity index (χ0v) is 12.4. The first-order chi connectivity index (χ1) is 11.6. The molecule has 0 amide bonds. The van der Waals surface area contributed by atoms with Crippen LogP contribution in [0, 0.1) is 34.3 Å². The van der Waals surface area contributed by atoms with Crippen LogP contribution < -0.4 is 0 Å². The van der Waals surface area contributed by atoms with Crippen LogP contribution in [0.2, 0.25) is 0 Å². The molecular weight excluding hydrogens is 306 g/mol. The summed E-state index contributed by atoms with van der Waals surface area (Å²) >= 11 is 0. The van der Waals surface area contributed by atoms with Crippen LogP contribution in [-0.4, -0.2) is 0 Å². The first kappa shape index (κ1) is 15.4. The first-order valence-electron chi connectivity index (χ1n) is 7.13. The molecule has 0 saturated heterocycles. The molecule has 0 spiro atoms. The van der Waals surface area contributed by atoms with Crippen molar-refractivity contribution in [3.05, 3.63) is 83.4 Å². The normalized spacial score (nSPS) is 10.0. The third kappa shape index (κ3) is 2.74. The summed E-state index contributed by atoms with van der Waals surface area (Å²) in [6.45, 7) is 0. The number of benzene rings is 3. The molecule has 0 fully saturated rings. The molecule has 0 atom stereocenters. The molecule has 0 saturated carbocycles. The van der Waals surface area contributed by atoms with E-state index < -0.39 is 11.6 Å². The molecule has 0 aromatic heterocycles. The highest BCUT2D eigenvalue weighted by Crippen LogP contribution is 2.33. The minimum atomic E-state index is -0.676. The van der Waals surface area contributed by atoms with Crippen LogP contribution in [0.25, 0.3) is 22.3 Å². The van der Waals surface area contributed by atoms with Gasteiger partial charge < -0.3 is 0 Å². The van der Waals surface area contributed by atoms with Gasteiger partial charge in [0.25, 0.3) is 0 Å². The standard InChI is InChI=1S/C20H10F2N2/c21-18-10-9-17(15-5-1-13(11-23)2-6-15)20(22)19(18)16-7-3-14(12-24)4-8-16/h1-10H. The van der Waals surface area contributed by atoms with Crippen LogP contribution in [0.5, 0.6) is 0 Å². The van der Waals surface area contributed by atoms with E-state index in [1.807, 2.05) is 12.1 Å². The topological polar surface area (TPSA) is 47.6 Å². The first-order valence-corrected chi connectivity index (χ1v) is 7.13. The maximum Gasteiger partial charge on any atom is 0.141 e. The van der Waals surface area contributed by atoms with Gasteiger partial charge in [-0.25, -0.2) is 8.78 Å². The summed E-state index contributed by atoms with van der Waals surface area (Å²) in [7, 11) is 0. The zero-order chi connectivity index (χ0) is 17.1. The summed E-state index contributed by atoms with van der Waals surface area (Å²) in [4.78, 5) is 0. The molecule has 0 N–H and O–H groups in total. The highest BCUT2D eigenvalue weighted by atomic mass is 19.1. The van der Waals surface area contributed by atoms with E-state index in [1.165, 1.54) is 36.4 Å². The van der Waals surface area contributed by atoms with Crippen LogP contribution in [0.3, 0.4) is 0 Å². The molecule has 0 bridgehead atoms. The monoisotopic (exact) mass is 316 g/mol. The number of nitriles is 2. The SMILES string of the molecule is N#Cc1ccc(-c2ccc(F)c(-c3ccc(C#N)cc3)c2F)cc1. The molecule has 0 aliphatic rings. The van der Waals surface area contributed by atoms with Crippen molar-refractivity contribution in [2.75, 3.05) is 0 Å². The second-order valence-corrected chi connectivity index (χ2v) is 5.16. The second-order valence-electron chi connectivity index (χ2n) is 5.16. The largest absolute Gasteiger partial charge is 0.206 e. The van der Waals surface area contributed by atoms with Gasteiger partial charge in [-0.2, -0.15) is 10.5 Å². The number of halogens is 2. The molecule has 0 unspecified atom stereocenters. The van der Waals surface area contributed by atoms with Crippen LogP contribution in [0.15, 0.2) is 60.7 Å². The highest BCUT2D eigenvalue weighted by Gasteiger charge is 2.16. The Hall–Kier alpha value is -3.50. The molecule has 3 aromatic carbocycles. The lowest BCUT2D eigenvalue weighted by molar-refractivity contribution is 0.592. The van der Waals surface area contributed by atoms with Crippen LogP contribution in [-0.2, 0) is 0 Å². The van der Waals surface area contributed by atoms with Gasteiger partial charge in [0.1, 0.15) is 11.6 Å². The molecular formula is C20H10F2N2. The summed E-state index contributed by atoms with van der Waals surface area (Å²) in [6.07, 6.45) is 0. The quantitative estimate of drug-likeness (QED) is 0.665. The van der Waals surface area contributed by atoms with E-state index in [4.69, 9.17) is 10.5 Å². The summed E-state index contributed by atoms with van der Waals surface area (Å²) in [5, 5.41) is 17.7. The average molecular weight is 316 g/mol. The fraction of sp³-hybridized carbons (Fsp3) is 0. The lowest BCUT2D eigenvalue weighted by atomic mass is 9.96. The van der Waals surface area contributed by atoms with E-state index in [1.54, 1.807) is 24.3 Å². The van der Waals surface area contributed by atoms with E-state index in [0.717, 1.165) is 0 Å². The molecule has 114 valence electrons. The van der Waals surface area contributed by atoms with Crippen LogP contribution in [0.1, 0.15) is 11.1 Å². The highest BCUT2D eigenvalue weighted by molar-refractivity contribution is 5.75. The minimum Gasteiger partial charge on any atom is -0.206 e. The fourth-order valence-corrected chi connectivity index (χ4v) is 2.48. The van der Waals surface area contributed by atoms with Crippen molar-refractivity contribution in [3.63, 3.8) is 0 Å². The van der Waals surface area contributed by atoms with Gasteiger partial charge in [0, 0.05) is 5.56 Å². The molecule has 4 heteroatoms. The molecule has 0 radical (unpaired) electrons. The van der Waals surface area contributed by atoms with Crippen molar-refractivity contribution in [2.24, 2.45) is 0 Å². The van der Waals surface area contributed by atoms with Crippen molar-refractivity contribution in [2.45, 2.75) is 0 Å². The smallest absolute Gasteiger partial charge is 0.141 e. The maximum absolute atomic E-state index is 14.9. The van der Waals surface area contributed by atoms with E-state index in [2.05, 4.69) is 0 Å². The summed E-state index contributed by atoms with van der Waals surface area (Å²) < 4.78 is 29.1. The van der Waals surface area contributed by atoms with Crippen molar-refractivity contribution in [3.8, 4) is 34.4 Å². The summed E-state index contributed by atoms with van der Waals surface area (Å²) in [6, 6.07) is 19.0. The Bertz CT molecular complexity index is 976. The summed E-state index contributed by atoms with van der Waals surface area (Å²) in [5.41, 5.74) is 1.92. The van der Waals surface area contributed by atoms with E-state index >= 15 is 0 Å². The molecule has 3 aromatic rings. The third-order valence-corrected chi connectivity index (χ3v) is 3.72. The Morgan fingerprint density at radius 3 is 1.62 bits per heavy atom. The molecule has 0 heterocycles. The lowest BCUT2D eigenvalue weighted by Gasteiger charge is -2.10. The van der Waals surface area contributed by atoms with Crippen LogP contribution in [0.4, 0.5) is 8.78 Å². The van der Waals surface area contributed by atoms with Gasteiger partial charge >= 0.3 is 0 Å². The molecule has 3 rings (SSSR count). The number of hydrogen-bond acceptors (Lipinski definition) is 2. The van der Waals surface area contributed by atoms with Gasteiger partial charge in [0.15, 0.2) is 0 Å². The Morgan fingerprint density at radius 1 is 0.625 bits per heavy atom. The van der Waals surface area contributed by atoms with Crippen molar-refractivity contribution < 1.29 is 8.78 Å².